The number of nitrogens with zero attached hydrogens (tertiary/aromatic N) is 1. The molecule has 0 saturated carbocycles. The van der Waals surface area contributed by atoms with E-state index in [9.17, 15) is 16.8 Å². The number of benzene rings is 2. The van der Waals surface area contributed by atoms with Crippen LogP contribution in [0.2, 0.25) is 14.5 Å². The molecule has 0 aliphatic rings. The molecule has 0 bridgehead atoms. The minimum absolute atomic E-state index is 0.0446. The van der Waals surface area contributed by atoms with Crippen molar-refractivity contribution in [3.63, 3.8) is 0 Å². The Balaban J connectivity index is 1.73. The Bertz CT molecular complexity index is 1500. The van der Waals surface area contributed by atoms with Crippen molar-refractivity contribution in [2.75, 3.05) is 9.44 Å². The molecule has 0 aliphatic heterocycles. The molecule has 0 saturated heterocycles. The normalized spacial score (nSPS) is 12.2. The highest BCUT2D eigenvalue weighted by Gasteiger charge is 2.22. The van der Waals surface area contributed by atoms with Gasteiger partial charge in [0.05, 0.1) is 36.5 Å². The monoisotopic (exact) mass is 553 g/mol. The van der Waals surface area contributed by atoms with Gasteiger partial charge in [-0.05, 0) is 41.8 Å². The highest BCUT2D eigenvalue weighted by molar-refractivity contribution is 7.94. The molecule has 162 valence electrons. The zero-order valence-electron chi connectivity index (χ0n) is 15.0. The Morgan fingerprint density at radius 3 is 2.10 bits per heavy atom. The zero-order chi connectivity index (χ0) is 22.4. The summed E-state index contributed by atoms with van der Waals surface area (Å²) in [6, 6.07) is 9.79. The average Bonchev–Trinajstić information content (AvgIpc) is 3.34. The highest BCUT2D eigenvalue weighted by Crippen LogP contribution is 2.36. The van der Waals surface area contributed by atoms with E-state index in [1.807, 2.05) is 0 Å². The lowest BCUT2D eigenvalue weighted by Crippen LogP contribution is -2.17. The number of sulfonamides is 2. The van der Waals surface area contributed by atoms with E-state index in [4.69, 9.17) is 34.8 Å². The van der Waals surface area contributed by atoms with E-state index in [1.54, 1.807) is 11.4 Å². The van der Waals surface area contributed by atoms with Crippen LogP contribution in [0.1, 0.15) is 0 Å². The predicted octanol–water partition coefficient (Wildman–Crippen LogP) is 5.92. The Kier molecular flexibility index (Phi) is 6.12. The van der Waals surface area contributed by atoms with Crippen molar-refractivity contribution in [1.29, 1.82) is 0 Å². The Morgan fingerprint density at radius 1 is 0.839 bits per heavy atom. The molecule has 0 fully saturated rings. The molecular formula is C17H10Cl3N3O4S4. The molecule has 4 aromatic rings. The van der Waals surface area contributed by atoms with E-state index in [1.165, 1.54) is 36.4 Å². The lowest BCUT2D eigenvalue weighted by Gasteiger charge is -2.15. The van der Waals surface area contributed by atoms with Gasteiger partial charge in [-0.15, -0.1) is 22.7 Å². The number of fused-ring (bicyclic) bond motifs is 1. The van der Waals surface area contributed by atoms with Gasteiger partial charge in [0.2, 0.25) is 0 Å². The van der Waals surface area contributed by atoms with Crippen LogP contribution in [0.5, 0.6) is 0 Å². The van der Waals surface area contributed by atoms with Crippen LogP contribution in [-0.2, 0) is 20.0 Å². The van der Waals surface area contributed by atoms with Crippen molar-refractivity contribution in [1.82, 2.24) is 4.98 Å². The summed E-state index contributed by atoms with van der Waals surface area (Å²) in [5, 5.41) is 1.70. The molecule has 0 aliphatic carbocycles. The van der Waals surface area contributed by atoms with Gasteiger partial charge >= 0.3 is 0 Å². The molecule has 2 heterocycles. The van der Waals surface area contributed by atoms with E-state index < -0.39 is 20.0 Å². The summed E-state index contributed by atoms with van der Waals surface area (Å²) in [6.45, 7) is 0. The second-order valence-electron chi connectivity index (χ2n) is 6.05. The molecule has 0 radical (unpaired) electrons. The molecule has 0 atom stereocenters. The van der Waals surface area contributed by atoms with Gasteiger partial charge in [0, 0.05) is 0 Å². The maximum atomic E-state index is 13.0. The second-order valence-corrected chi connectivity index (χ2v) is 13.0. The lowest BCUT2D eigenvalue weighted by atomic mass is 10.3. The van der Waals surface area contributed by atoms with Crippen LogP contribution in [0.15, 0.2) is 56.9 Å². The number of thiazole rings is 1. The van der Waals surface area contributed by atoms with Crippen molar-refractivity contribution in [2.45, 2.75) is 9.10 Å². The summed E-state index contributed by atoms with van der Waals surface area (Å²) in [7, 11) is -8.06. The number of nitrogens with one attached hydrogen (secondary N) is 2. The number of thiophene rings is 1. The maximum Gasteiger partial charge on any atom is 0.271 e. The van der Waals surface area contributed by atoms with Gasteiger partial charge < -0.3 is 0 Å². The highest BCUT2D eigenvalue weighted by atomic mass is 35.5. The van der Waals surface area contributed by atoms with E-state index >= 15 is 0 Å². The molecule has 31 heavy (non-hydrogen) atoms. The SMILES string of the molecule is O=S(=O)(Nc1cc(Cl)c(Cl)cc1NS(=O)(=O)c1cccs1)c1ccc2nc(Cl)sc2c1. The first-order valence-corrected chi connectivity index (χ1v) is 14.0. The standard InChI is InChI=1S/C17H10Cl3N3O4S4/c18-10-7-13(14(8-11(10)19)23-31(26,27)16-2-1-5-28-16)22-30(24,25)9-3-4-12-15(6-9)29-17(20)21-12/h1-8,22-23H. The largest absolute Gasteiger partial charge is 0.277 e. The van der Waals surface area contributed by atoms with Crippen LogP contribution in [0.4, 0.5) is 11.4 Å². The third-order valence-corrected chi connectivity index (χ3v) is 9.92. The van der Waals surface area contributed by atoms with E-state index in [0.29, 0.717) is 10.2 Å². The van der Waals surface area contributed by atoms with Crippen LogP contribution in [0, 0.1) is 0 Å². The van der Waals surface area contributed by atoms with Gasteiger partial charge in [-0.1, -0.05) is 40.9 Å². The molecule has 7 nitrogen and oxygen atoms in total. The minimum Gasteiger partial charge on any atom is -0.277 e. The molecule has 2 N–H and O–H groups in total. The molecule has 2 aromatic carbocycles. The summed E-state index contributed by atoms with van der Waals surface area (Å²) in [5.74, 6) is 0. The fourth-order valence-corrected chi connectivity index (χ4v) is 7.21. The first-order valence-electron chi connectivity index (χ1n) is 8.19. The smallest absolute Gasteiger partial charge is 0.271 e. The van der Waals surface area contributed by atoms with Crippen molar-refractivity contribution in [3.8, 4) is 0 Å². The fraction of sp³-hybridized carbons (Fsp3) is 0. The summed E-state index contributed by atoms with van der Waals surface area (Å²) in [5.41, 5.74) is 0.401. The molecule has 4 rings (SSSR count). The van der Waals surface area contributed by atoms with Gasteiger partial charge in [0.1, 0.15) is 4.21 Å². The van der Waals surface area contributed by atoms with Gasteiger partial charge in [0.15, 0.2) is 4.47 Å². The third-order valence-electron chi connectivity index (χ3n) is 3.95. The number of aromatic nitrogens is 1. The molecular weight excluding hydrogens is 545 g/mol. The summed E-state index contributed by atoms with van der Waals surface area (Å²) >= 11 is 20.1. The average molecular weight is 555 g/mol. The summed E-state index contributed by atoms with van der Waals surface area (Å²) < 4.78 is 56.9. The number of hydrogen-bond acceptors (Lipinski definition) is 7. The van der Waals surface area contributed by atoms with Gasteiger partial charge in [-0.25, -0.2) is 21.8 Å². The number of anilines is 2. The summed E-state index contributed by atoms with van der Waals surface area (Å²) in [6.07, 6.45) is 0. The predicted molar refractivity (Wildman–Crippen MR) is 127 cm³/mol. The molecule has 14 heteroatoms. The van der Waals surface area contributed by atoms with Crippen LogP contribution in [-0.4, -0.2) is 21.8 Å². The Hall–Kier alpha value is -1.60. The number of hydrogen-bond donors (Lipinski definition) is 2. The Morgan fingerprint density at radius 2 is 1.48 bits per heavy atom. The van der Waals surface area contributed by atoms with Crippen LogP contribution in [0.3, 0.4) is 0 Å². The third kappa shape index (κ3) is 4.77. The summed E-state index contributed by atoms with van der Waals surface area (Å²) in [4.78, 5) is 4.02. The Labute approximate surface area is 200 Å². The number of halogens is 3. The number of rotatable bonds is 6. The van der Waals surface area contributed by atoms with Gasteiger partial charge in [0.25, 0.3) is 20.0 Å². The molecule has 0 unspecified atom stereocenters. The zero-order valence-corrected chi connectivity index (χ0v) is 20.5. The van der Waals surface area contributed by atoms with Crippen molar-refractivity contribution in [2.24, 2.45) is 0 Å². The second kappa shape index (κ2) is 8.39. The molecule has 0 spiro atoms. The quantitative estimate of drug-likeness (QED) is 0.308. The van der Waals surface area contributed by atoms with Crippen molar-refractivity contribution < 1.29 is 16.8 Å². The van der Waals surface area contributed by atoms with Gasteiger partial charge in [-0.2, -0.15) is 0 Å². The van der Waals surface area contributed by atoms with E-state index in [-0.39, 0.29) is 35.0 Å². The lowest BCUT2D eigenvalue weighted by molar-refractivity contribution is 0.600. The van der Waals surface area contributed by atoms with Crippen LogP contribution in [0.25, 0.3) is 10.2 Å². The van der Waals surface area contributed by atoms with E-state index in [2.05, 4.69) is 14.4 Å². The fourth-order valence-electron chi connectivity index (χ4n) is 2.57. The van der Waals surface area contributed by atoms with E-state index in [0.717, 1.165) is 22.7 Å². The molecule has 2 aromatic heterocycles. The minimum atomic E-state index is -4.11. The maximum absolute atomic E-state index is 13.0. The van der Waals surface area contributed by atoms with Crippen LogP contribution >= 0.6 is 57.5 Å². The first-order chi connectivity index (χ1) is 14.5. The van der Waals surface area contributed by atoms with Crippen molar-refractivity contribution >= 4 is 99.1 Å². The van der Waals surface area contributed by atoms with Gasteiger partial charge in [-0.3, -0.25) is 9.44 Å². The van der Waals surface area contributed by atoms with Crippen molar-refractivity contribution in [3.05, 3.63) is 62.4 Å². The topological polar surface area (TPSA) is 105 Å². The molecule has 0 amide bonds. The van der Waals surface area contributed by atoms with Crippen LogP contribution < -0.4 is 9.44 Å². The first kappa shape index (κ1) is 22.6.